The molecule has 1 fully saturated rings. The maximum Gasteiger partial charge on any atom is 0.313 e. The van der Waals surface area contributed by atoms with Crippen molar-refractivity contribution in [2.24, 2.45) is 0 Å². The largest absolute Gasteiger partial charge is 0.465 e. The molecule has 1 saturated heterocycles. The predicted octanol–water partition coefficient (Wildman–Crippen LogP) is 1.92. The third-order valence-corrected chi connectivity index (χ3v) is 2.63. The van der Waals surface area contributed by atoms with E-state index in [1.807, 2.05) is 6.07 Å². The Morgan fingerprint density at radius 1 is 1.47 bits per heavy atom. The van der Waals surface area contributed by atoms with Crippen molar-refractivity contribution in [3.8, 4) is 0 Å². The van der Waals surface area contributed by atoms with Crippen molar-refractivity contribution in [3.05, 3.63) is 35.4 Å². The predicted molar refractivity (Wildman–Crippen MR) is 54.8 cm³/mol. The second-order valence-electron chi connectivity index (χ2n) is 3.69. The lowest BCUT2D eigenvalue weighted by Crippen LogP contribution is -2.06. The lowest BCUT2D eigenvalue weighted by atomic mass is 9.95. The van der Waals surface area contributed by atoms with E-state index in [1.54, 1.807) is 18.2 Å². The Morgan fingerprint density at radius 2 is 2.27 bits per heavy atom. The van der Waals surface area contributed by atoms with Crippen molar-refractivity contribution in [1.82, 2.24) is 0 Å². The summed E-state index contributed by atoms with van der Waals surface area (Å²) in [6.07, 6.45) is 0.709. The Labute approximate surface area is 88.1 Å². The molecule has 0 aliphatic carbocycles. The summed E-state index contributed by atoms with van der Waals surface area (Å²) < 4.78 is 4.90. The van der Waals surface area contributed by atoms with E-state index < -0.39 is 0 Å². The summed E-state index contributed by atoms with van der Waals surface area (Å²) >= 11 is 0. The molecular weight excluding hydrogens is 192 g/mol. The molecule has 0 saturated carbocycles. The Kier molecular flexibility index (Phi) is 2.54. The van der Waals surface area contributed by atoms with Gasteiger partial charge in [0.15, 0.2) is 5.78 Å². The molecule has 15 heavy (non-hydrogen) atoms. The molecular formula is C12H12O3. The molecule has 1 aromatic rings. The summed E-state index contributed by atoms with van der Waals surface area (Å²) in [4.78, 5) is 22.5. The zero-order valence-corrected chi connectivity index (χ0v) is 8.53. The number of hydrogen-bond donors (Lipinski definition) is 0. The van der Waals surface area contributed by atoms with Gasteiger partial charge in [0.05, 0.1) is 12.5 Å². The molecule has 0 amide bonds. The lowest BCUT2D eigenvalue weighted by molar-refractivity contribution is -0.139. The van der Waals surface area contributed by atoms with Crippen molar-refractivity contribution in [2.45, 2.75) is 19.3 Å². The summed E-state index contributed by atoms with van der Waals surface area (Å²) in [6, 6.07) is 7.20. The average molecular weight is 204 g/mol. The van der Waals surface area contributed by atoms with Crippen LogP contribution in [0.1, 0.15) is 35.2 Å². The maximum absolute atomic E-state index is 11.3. The molecule has 2 rings (SSSR count). The van der Waals surface area contributed by atoms with E-state index >= 15 is 0 Å². The van der Waals surface area contributed by atoms with Gasteiger partial charge in [-0.05, 0) is 25.0 Å². The number of hydrogen-bond acceptors (Lipinski definition) is 3. The van der Waals surface area contributed by atoms with E-state index in [0.29, 0.717) is 18.6 Å². The molecule has 0 aromatic heterocycles. The SMILES string of the molecule is CC(=O)c1cccc([C@@H]2CCOC2=O)c1. The molecule has 0 unspecified atom stereocenters. The molecule has 1 heterocycles. The van der Waals surface area contributed by atoms with Crippen LogP contribution in [0.2, 0.25) is 0 Å². The van der Waals surface area contributed by atoms with Crippen molar-refractivity contribution in [1.29, 1.82) is 0 Å². The molecule has 0 radical (unpaired) electrons. The molecule has 1 aliphatic heterocycles. The summed E-state index contributed by atoms with van der Waals surface area (Å²) in [6.45, 7) is 2.00. The van der Waals surface area contributed by atoms with Gasteiger partial charge in [0.1, 0.15) is 0 Å². The van der Waals surface area contributed by atoms with Crippen molar-refractivity contribution in [3.63, 3.8) is 0 Å². The quantitative estimate of drug-likeness (QED) is 0.546. The molecule has 1 atom stereocenters. The van der Waals surface area contributed by atoms with Crippen molar-refractivity contribution >= 4 is 11.8 Å². The average Bonchev–Trinajstić information content (AvgIpc) is 2.64. The highest BCUT2D eigenvalue weighted by atomic mass is 16.5. The number of ether oxygens (including phenoxy) is 1. The molecule has 78 valence electrons. The van der Waals surface area contributed by atoms with Crippen LogP contribution in [0.4, 0.5) is 0 Å². The van der Waals surface area contributed by atoms with Gasteiger partial charge < -0.3 is 4.74 Å². The zero-order chi connectivity index (χ0) is 10.8. The van der Waals surface area contributed by atoms with Gasteiger partial charge in [0.25, 0.3) is 0 Å². The second-order valence-corrected chi connectivity index (χ2v) is 3.69. The van der Waals surface area contributed by atoms with Crippen LogP contribution in [-0.2, 0) is 9.53 Å². The molecule has 1 aromatic carbocycles. The van der Waals surface area contributed by atoms with Gasteiger partial charge in [-0.15, -0.1) is 0 Å². The minimum atomic E-state index is -0.190. The van der Waals surface area contributed by atoms with Gasteiger partial charge in [0.2, 0.25) is 0 Å². The van der Waals surface area contributed by atoms with Crippen LogP contribution in [0, 0.1) is 0 Å². The minimum absolute atomic E-state index is 0.0169. The molecule has 1 aliphatic rings. The number of benzene rings is 1. The number of esters is 1. The van der Waals surface area contributed by atoms with Crippen LogP contribution < -0.4 is 0 Å². The fourth-order valence-corrected chi connectivity index (χ4v) is 1.77. The van der Waals surface area contributed by atoms with Crippen LogP contribution in [0.15, 0.2) is 24.3 Å². The van der Waals surface area contributed by atoms with Gasteiger partial charge in [-0.25, -0.2) is 0 Å². The minimum Gasteiger partial charge on any atom is -0.465 e. The summed E-state index contributed by atoms with van der Waals surface area (Å²) in [5.41, 5.74) is 1.53. The first-order valence-electron chi connectivity index (χ1n) is 4.96. The maximum atomic E-state index is 11.3. The fraction of sp³-hybridized carbons (Fsp3) is 0.333. The van der Waals surface area contributed by atoms with Crippen LogP contribution in [0.3, 0.4) is 0 Å². The number of carbonyl (C=O) groups is 2. The van der Waals surface area contributed by atoms with E-state index in [-0.39, 0.29) is 17.7 Å². The number of ketones is 1. The van der Waals surface area contributed by atoms with E-state index in [1.165, 1.54) is 6.92 Å². The standard InChI is InChI=1S/C12H12O3/c1-8(13)9-3-2-4-10(7-9)11-5-6-15-12(11)14/h2-4,7,11H,5-6H2,1H3/t11-/m0/s1. The summed E-state index contributed by atoms with van der Waals surface area (Å²) in [7, 11) is 0. The molecule has 3 nitrogen and oxygen atoms in total. The number of Topliss-reactive ketones (excluding diaryl/α,β-unsaturated/α-hetero) is 1. The van der Waals surface area contributed by atoms with Crippen molar-refractivity contribution < 1.29 is 14.3 Å². The monoisotopic (exact) mass is 204 g/mol. The van der Waals surface area contributed by atoms with Crippen molar-refractivity contribution in [2.75, 3.05) is 6.61 Å². The Bertz CT molecular complexity index is 409. The summed E-state index contributed by atoms with van der Waals surface area (Å²) in [5.74, 6) is -0.358. The molecule has 0 N–H and O–H groups in total. The van der Waals surface area contributed by atoms with Crippen LogP contribution in [0.25, 0.3) is 0 Å². The first-order valence-corrected chi connectivity index (χ1v) is 4.96. The normalized spacial score (nSPS) is 20.1. The molecule has 0 bridgehead atoms. The first-order chi connectivity index (χ1) is 7.18. The molecule has 3 heteroatoms. The van der Waals surface area contributed by atoms with Crippen LogP contribution >= 0.6 is 0 Å². The first kappa shape index (κ1) is 9.90. The van der Waals surface area contributed by atoms with Gasteiger partial charge in [-0.3, -0.25) is 9.59 Å². The van der Waals surface area contributed by atoms with E-state index in [4.69, 9.17) is 4.74 Å². The lowest BCUT2D eigenvalue weighted by Gasteiger charge is -2.06. The third kappa shape index (κ3) is 1.91. The Balaban J connectivity index is 2.32. The van der Waals surface area contributed by atoms with Gasteiger partial charge in [-0.1, -0.05) is 18.2 Å². The Morgan fingerprint density at radius 3 is 2.87 bits per heavy atom. The number of cyclic esters (lactones) is 1. The highest BCUT2D eigenvalue weighted by molar-refractivity contribution is 5.94. The van der Waals surface area contributed by atoms with E-state index in [0.717, 1.165) is 5.56 Å². The summed E-state index contributed by atoms with van der Waals surface area (Å²) in [5, 5.41) is 0. The Hall–Kier alpha value is -1.64. The van der Waals surface area contributed by atoms with Crippen LogP contribution in [-0.4, -0.2) is 18.4 Å². The van der Waals surface area contributed by atoms with Gasteiger partial charge in [0, 0.05) is 5.56 Å². The van der Waals surface area contributed by atoms with E-state index in [9.17, 15) is 9.59 Å². The van der Waals surface area contributed by atoms with Crippen LogP contribution in [0.5, 0.6) is 0 Å². The number of rotatable bonds is 2. The number of carbonyl (C=O) groups excluding carboxylic acids is 2. The third-order valence-electron chi connectivity index (χ3n) is 2.63. The molecule has 0 spiro atoms. The van der Waals surface area contributed by atoms with Gasteiger partial charge >= 0.3 is 5.97 Å². The van der Waals surface area contributed by atoms with E-state index in [2.05, 4.69) is 0 Å². The second kappa shape index (κ2) is 3.85. The highest BCUT2D eigenvalue weighted by Gasteiger charge is 2.28. The zero-order valence-electron chi connectivity index (χ0n) is 8.53. The fourth-order valence-electron chi connectivity index (χ4n) is 1.77. The highest BCUT2D eigenvalue weighted by Crippen LogP contribution is 2.26. The van der Waals surface area contributed by atoms with Gasteiger partial charge in [-0.2, -0.15) is 0 Å². The smallest absolute Gasteiger partial charge is 0.313 e. The topological polar surface area (TPSA) is 43.4 Å².